The van der Waals surface area contributed by atoms with Gasteiger partial charge in [-0.1, -0.05) is 12.1 Å². The Bertz CT molecular complexity index is 666. The third-order valence-corrected chi connectivity index (χ3v) is 5.09. The van der Waals surface area contributed by atoms with Gasteiger partial charge in [0, 0.05) is 19.2 Å². The highest BCUT2D eigenvalue weighted by Gasteiger charge is 2.42. The average Bonchev–Trinajstić information content (AvgIpc) is 2.94. The van der Waals surface area contributed by atoms with Gasteiger partial charge >= 0.3 is 6.09 Å². The number of nitrogens with zero attached hydrogens (tertiary/aromatic N) is 1. The topological polar surface area (TPSA) is 128 Å². The van der Waals surface area contributed by atoms with Gasteiger partial charge in [-0.2, -0.15) is 0 Å². The molecule has 138 valence electrons. The molecule has 25 heavy (non-hydrogen) atoms. The predicted molar refractivity (Wildman–Crippen MR) is 86.6 cm³/mol. The second-order valence-electron chi connectivity index (χ2n) is 5.83. The Morgan fingerprint density at radius 2 is 2.16 bits per heavy atom. The molecule has 1 aromatic rings. The molecule has 1 saturated heterocycles. The van der Waals surface area contributed by atoms with Crippen molar-refractivity contribution in [1.29, 1.82) is 0 Å². The molecule has 0 aromatic heterocycles. The van der Waals surface area contributed by atoms with Crippen molar-refractivity contribution < 1.29 is 33.0 Å². The minimum atomic E-state index is -2.81. The van der Waals surface area contributed by atoms with Crippen LogP contribution in [0.3, 0.4) is 0 Å². The predicted octanol–water partition coefficient (Wildman–Crippen LogP) is 0.691. The molecule has 0 spiro atoms. The molecule has 0 aliphatic carbocycles. The van der Waals surface area contributed by atoms with Crippen molar-refractivity contribution in [1.82, 2.24) is 5.48 Å². The first-order valence-electron chi connectivity index (χ1n) is 7.41. The summed E-state index contributed by atoms with van der Waals surface area (Å²) >= 11 is -2.81. The van der Waals surface area contributed by atoms with E-state index in [-0.39, 0.29) is 13.0 Å². The van der Waals surface area contributed by atoms with Crippen LogP contribution in [0.1, 0.15) is 18.9 Å². The van der Waals surface area contributed by atoms with Crippen LogP contribution in [-0.4, -0.2) is 50.5 Å². The first-order valence-corrected chi connectivity index (χ1v) is 8.49. The highest BCUT2D eigenvalue weighted by atomic mass is 32.2. The maximum atomic E-state index is 12.1. The second kappa shape index (κ2) is 7.91. The maximum absolute atomic E-state index is 12.1. The Hall–Kier alpha value is -2.01. The molecule has 3 atom stereocenters. The summed E-state index contributed by atoms with van der Waals surface area (Å²) < 4.78 is 31.1. The van der Waals surface area contributed by atoms with E-state index >= 15 is 0 Å². The molecule has 1 aliphatic rings. The van der Waals surface area contributed by atoms with E-state index in [4.69, 9.17) is 14.7 Å². The van der Waals surface area contributed by atoms with Crippen molar-refractivity contribution in [3.8, 4) is 0 Å². The van der Waals surface area contributed by atoms with E-state index < -0.39 is 33.9 Å². The van der Waals surface area contributed by atoms with E-state index in [2.05, 4.69) is 0 Å². The normalized spacial score (nSPS) is 20.7. The minimum absolute atomic E-state index is 0.0912. The minimum Gasteiger partial charge on any atom is -0.772 e. The SMILES string of the molecule is COCc1ccc(N2CC(CC(C)(C(=O)NO)S(=O)[O-])OC2=O)cc1. The average molecular weight is 371 g/mol. The fourth-order valence-corrected chi connectivity index (χ4v) is 3.09. The summed E-state index contributed by atoms with van der Waals surface area (Å²) in [6, 6.07) is 7.05. The number of cyclic esters (lactones) is 1. The smallest absolute Gasteiger partial charge is 0.414 e. The van der Waals surface area contributed by atoms with Gasteiger partial charge in [0.15, 0.2) is 0 Å². The number of rotatable bonds is 7. The van der Waals surface area contributed by atoms with Crippen LogP contribution in [0.2, 0.25) is 0 Å². The van der Waals surface area contributed by atoms with Gasteiger partial charge in [-0.25, -0.2) is 10.3 Å². The molecule has 3 unspecified atom stereocenters. The number of ether oxygens (including phenoxy) is 2. The van der Waals surface area contributed by atoms with Gasteiger partial charge in [-0.05, 0) is 35.7 Å². The fraction of sp³-hybridized carbons (Fsp3) is 0.467. The molecule has 2 amide bonds. The van der Waals surface area contributed by atoms with Crippen LogP contribution in [0.4, 0.5) is 10.5 Å². The lowest BCUT2D eigenvalue weighted by Gasteiger charge is -2.30. The first kappa shape index (κ1) is 19.3. The van der Waals surface area contributed by atoms with Crippen molar-refractivity contribution in [2.45, 2.75) is 30.8 Å². The van der Waals surface area contributed by atoms with Crippen molar-refractivity contribution >= 4 is 28.8 Å². The van der Waals surface area contributed by atoms with Crippen LogP contribution in [0.5, 0.6) is 0 Å². The molecule has 9 nitrogen and oxygen atoms in total. The molecule has 1 fully saturated rings. The molecule has 2 rings (SSSR count). The molecule has 0 bridgehead atoms. The Balaban J connectivity index is 2.11. The number of benzene rings is 1. The second-order valence-corrected chi connectivity index (χ2v) is 7.20. The number of carbonyl (C=O) groups is 2. The molecular weight excluding hydrogens is 352 g/mol. The van der Waals surface area contributed by atoms with Gasteiger partial charge in [0.2, 0.25) is 0 Å². The van der Waals surface area contributed by atoms with Crippen LogP contribution in [0.25, 0.3) is 0 Å². The van der Waals surface area contributed by atoms with Gasteiger partial charge in [-0.3, -0.25) is 19.1 Å². The molecular formula is C15H19N2O7S-. The molecule has 1 aliphatic heterocycles. The summed E-state index contributed by atoms with van der Waals surface area (Å²) in [4.78, 5) is 25.1. The monoisotopic (exact) mass is 371 g/mol. The van der Waals surface area contributed by atoms with E-state index in [9.17, 15) is 18.4 Å². The van der Waals surface area contributed by atoms with Gasteiger partial charge in [-0.15, -0.1) is 0 Å². The van der Waals surface area contributed by atoms with E-state index in [1.807, 2.05) is 0 Å². The molecule has 0 radical (unpaired) electrons. The Morgan fingerprint density at radius 3 is 2.68 bits per heavy atom. The summed E-state index contributed by atoms with van der Waals surface area (Å²) in [6.45, 7) is 1.68. The highest BCUT2D eigenvalue weighted by Crippen LogP contribution is 2.28. The van der Waals surface area contributed by atoms with E-state index in [0.717, 1.165) is 12.5 Å². The zero-order valence-corrected chi connectivity index (χ0v) is 14.6. The summed E-state index contributed by atoms with van der Waals surface area (Å²) in [5.41, 5.74) is 2.86. The van der Waals surface area contributed by atoms with E-state index in [1.165, 1.54) is 10.4 Å². The number of methoxy groups -OCH3 is 1. The van der Waals surface area contributed by atoms with Crippen LogP contribution in [0, 0.1) is 0 Å². The summed E-state index contributed by atoms with van der Waals surface area (Å²) in [7, 11) is 1.58. The molecule has 2 N–H and O–H groups in total. The summed E-state index contributed by atoms with van der Waals surface area (Å²) in [5.74, 6) is -1.08. The van der Waals surface area contributed by atoms with Crippen molar-refractivity contribution in [3.05, 3.63) is 29.8 Å². The molecule has 1 aromatic carbocycles. The van der Waals surface area contributed by atoms with Crippen molar-refractivity contribution in [2.24, 2.45) is 0 Å². The van der Waals surface area contributed by atoms with Gasteiger partial charge in [0.05, 0.1) is 13.2 Å². The van der Waals surface area contributed by atoms with Crippen LogP contribution < -0.4 is 10.4 Å². The Kier molecular flexibility index (Phi) is 6.11. The molecule has 0 saturated carbocycles. The molecule has 10 heteroatoms. The van der Waals surface area contributed by atoms with Crippen LogP contribution >= 0.6 is 0 Å². The van der Waals surface area contributed by atoms with Gasteiger partial charge in [0.1, 0.15) is 10.9 Å². The van der Waals surface area contributed by atoms with Gasteiger partial charge < -0.3 is 14.0 Å². The lowest BCUT2D eigenvalue weighted by atomic mass is 10.0. The van der Waals surface area contributed by atoms with Crippen molar-refractivity contribution in [3.63, 3.8) is 0 Å². The van der Waals surface area contributed by atoms with E-state index in [1.54, 1.807) is 31.4 Å². The lowest BCUT2D eigenvalue weighted by molar-refractivity contribution is -0.132. The number of nitrogens with one attached hydrogen (secondary N) is 1. The number of hydroxylamine groups is 1. The zero-order valence-electron chi connectivity index (χ0n) is 13.8. The lowest BCUT2D eigenvalue weighted by Crippen LogP contribution is -2.49. The quantitative estimate of drug-likeness (QED) is 0.410. The first-order chi connectivity index (χ1) is 11.8. The number of amides is 2. The summed E-state index contributed by atoms with van der Waals surface area (Å²) in [5, 5.41) is 8.74. The number of hydrogen-bond acceptors (Lipinski definition) is 7. The number of anilines is 1. The Morgan fingerprint density at radius 1 is 1.52 bits per heavy atom. The fourth-order valence-electron chi connectivity index (χ4n) is 2.57. The Labute approximate surface area is 147 Å². The third-order valence-electron chi connectivity index (χ3n) is 4.00. The largest absolute Gasteiger partial charge is 0.772 e. The maximum Gasteiger partial charge on any atom is 0.414 e. The zero-order chi connectivity index (χ0) is 18.6. The highest BCUT2D eigenvalue weighted by molar-refractivity contribution is 7.81. The van der Waals surface area contributed by atoms with Gasteiger partial charge in [0.25, 0.3) is 5.91 Å². The standard InChI is InChI=1S/C15H20N2O7S/c1-15(25(21)22,13(18)16-20)7-12-8-17(14(19)24-12)11-5-3-10(4-6-11)9-23-2/h3-6,12,20H,7-9H2,1-2H3,(H,16,18)(H,21,22)/p-1. The number of carbonyl (C=O) groups excluding carboxylic acids is 2. The number of hydrogen-bond donors (Lipinski definition) is 2. The van der Waals surface area contributed by atoms with E-state index in [0.29, 0.717) is 12.3 Å². The molecule has 1 heterocycles. The van der Waals surface area contributed by atoms with Crippen LogP contribution in [0.15, 0.2) is 24.3 Å². The third kappa shape index (κ3) is 4.15. The summed E-state index contributed by atoms with van der Waals surface area (Å²) in [6.07, 6.45) is -1.72. The van der Waals surface area contributed by atoms with Crippen LogP contribution in [-0.2, 0) is 32.0 Å². The van der Waals surface area contributed by atoms with Crippen molar-refractivity contribution in [2.75, 3.05) is 18.6 Å².